The molecule has 1 spiro atoms. The van der Waals surface area contributed by atoms with E-state index in [2.05, 4.69) is 12.2 Å². The van der Waals surface area contributed by atoms with Gasteiger partial charge in [0.25, 0.3) is 5.91 Å². The van der Waals surface area contributed by atoms with Crippen molar-refractivity contribution < 1.29 is 9.59 Å². The number of hydrogen-bond acceptors (Lipinski definition) is 2. The molecule has 3 aliphatic rings. The van der Waals surface area contributed by atoms with Gasteiger partial charge >= 0.3 is 6.03 Å². The van der Waals surface area contributed by atoms with Crippen molar-refractivity contribution in [2.45, 2.75) is 76.3 Å². The van der Waals surface area contributed by atoms with Gasteiger partial charge in [0.1, 0.15) is 5.54 Å². The van der Waals surface area contributed by atoms with E-state index in [4.69, 9.17) is 0 Å². The van der Waals surface area contributed by atoms with Crippen LogP contribution >= 0.6 is 0 Å². The monoisotopic (exact) mass is 369 g/mol. The molecule has 3 amide bonds. The Balaban J connectivity index is 1.53. The summed E-state index contributed by atoms with van der Waals surface area (Å²) in [6.07, 6.45) is 9.19. The van der Waals surface area contributed by atoms with Crippen LogP contribution in [0.5, 0.6) is 0 Å². The summed E-state index contributed by atoms with van der Waals surface area (Å²) >= 11 is 0. The van der Waals surface area contributed by atoms with E-state index in [0.717, 1.165) is 50.8 Å². The van der Waals surface area contributed by atoms with Crippen molar-refractivity contribution in [3.63, 3.8) is 0 Å². The fourth-order valence-electron chi connectivity index (χ4n) is 5.12. The predicted octanol–water partition coefficient (Wildman–Crippen LogP) is 4.00. The normalized spacial score (nSPS) is 26.6. The number of amides is 3. The van der Waals surface area contributed by atoms with Gasteiger partial charge in [-0.15, -0.1) is 0 Å². The van der Waals surface area contributed by atoms with Crippen LogP contribution in [0, 0.1) is 6.92 Å². The molecule has 0 radical (unpaired) electrons. The fourth-order valence-corrected chi connectivity index (χ4v) is 5.12. The SMILES string of the molecule is Cc1ccc(N2CCCC3(CCCN3C(=O)NC3CCCCC3)C2=O)cc1. The number of aryl methyl sites for hydroxylation is 1. The molecule has 2 saturated heterocycles. The number of anilines is 1. The van der Waals surface area contributed by atoms with Crippen LogP contribution < -0.4 is 10.2 Å². The average Bonchev–Trinajstić information content (AvgIpc) is 3.10. The molecule has 0 bridgehead atoms. The summed E-state index contributed by atoms with van der Waals surface area (Å²) in [6, 6.07) is 8.38. The predicted molar refractivity (Wildman–Crippen MR) is 107 cm³/mol. The summed E-state index contributed by atoms with van der Waals surface area (Å²) in [4.78, 5) is 30.4. The molecular weight excluding hydrogens is 338 g/mol. The van der Waals surface area contributed by atoms with Crippen molar-refractivity contribution in [2.24, 2.45) is 0 Å². The smallest absolute Gasteiger partial charge is 0.318 e. The molecule has 3 fully saturated rings. The fraction of sp³-hybridized carbons (Fsp3) is 0.636. The number of hydrogen-bond donors (Lipinski definition) is 1. The molecule has 1 aliphatic carbocycles. The largest absolute Gasteiger partial charge is 0.335 e. The molecule has 1 aromatic carbocycles. The summed E-state index contributed by atoms with van der Waals surface area (Å²) < 4.78 is 0. The molecule has 1 aromatic rings. The number of piperidine rings is 1. The van der Waals surface area contributed by atoms with Crippen LogP contribution in [0.2, 0.25) is 0 Å². The number of urea groups is 1. The number of likely N-dealkylation sites (tertiary alicyclic amines) is 1. The molecule has 1 unspecified atom stereocenters. The van der Waals surface area contributed by atoms with Crippen molar-refractivity contribution in [1.29, 1.82) is 0 Å². The van der Waals surface area contributed by atoms with Crippen molar-refractivity contribution >= 4 is 17.6 Å². The summed E-state index contributed by atoms with van der Waals surface area (Å²) in [5.74, 6) is 0.105. The first-order valence-electron chi connectivity index (χ1n) is 10.6. The Morgan fingerprint density at radius 1 is 1.00 bits per heavy atom. The van der Waals surface area contributed by atoms with Gasteiger partial charge in [-0.05, 0) is 57.6 Å². The Bertz CT molecular complexity index is 696. The van der Waals surface area contributed by atoms with E-state index >= 15 is 0 Å². The third-order valence-electron chi connectivity index (χ3n) is 6.63. The highest BCUT2D eigenvalue weighted by Crippen LogP contribution is 2.40. The number of rotatable bonds is 2. The molecule has 27 heavy (non-hydrogen) atoms. The van der Waals surface area contributed by atoms with Gasteiger partial charge in [0.15, 0.2) is 0 Å². The minimum atomic E-state index is -0.651. The van der Waals surface area contributed by atoms with Gasteiger partial charge in [-0.2, -0.15) is 0 Å². The van der Waals surface area contributed by atoms with Crippen LogP contribution in [0.15, 0.2) is 24.3 Å². The second-order valence-electron chi connectivity index (χ2n) is 8.47. The standard InChI is InChI=1S/C22H31N3O2/c1-17-9-11-19(12-10-17)24-15-5-13-22(20(24)26)14-6-16-25(22)21(27)23-18-7-3-2-4-8-18/h9-12,18H,2-8,13-16H2,1H3,(H,23,27). The maximum absolute atomic E-state index is 13.5. The summed E-state index contributed by atoms with van der Waals surface area (Å²) in [5.41, 5.74) is 1.48. The van der Waals surface area contributed by atoms with E-state index < -0.39 is 5.54 Å². The number of benzene rings is 1. The minimum Gasteiger partial charge on any atom is -0.335 e. The third-order valence-corrected chi connectivity index (χ3v) is 6.63. The average molecular weight is 370 g/mol. The van der Waals surface area contributed by atoms with Gasteiger partial charge in [0.2, 0.25) is 0 Å². The van der Waals surface area contributed by atoms with Crippen molar-refractivity contribution in [3.8, 4) is 0 Å². The quantitative estimate of drug-likeness (QED) is 0.857. The van der Waals surface area contributed by atoms with Crippen LogP contribution in [0.1, 0.15) is 63.4 Å². The molecule has 5 nitrogen and oxygen atoms in total. The van der Waals surface area contributed by atoms with Crippen molar-refractivity contribution in [1.82, 2.24) is 10.2 Å². The highest BCUT2D eigenvalue weighted by Gasteiger charge is 2.53. The molecule has 1 saturated carbocycles. The highest BCUT2D eigenvalue weighted by atomic mass is 16.2. The second kappa shape index (κ2) is 7.53. The number of carbonyl (C=O) groups is 2. The zero-order valence-corrected chi connectivity index (χ0v) is 16.4. The first-order valence-corrected chi connectivity index (χ1v) is 10.6. The molecule has 2 aliphatic heterocycles. The second-order valence-corrected chi connectivity index (χ2v) is 8.47. The first kappa shape index (κ1) is 18.3. The summed E-state index contributed by atoms with van der Waals surface area (Å²) in [7, 11) is 0. The molecule has 1 atom stereocenters. The van der Waals surface area contributed by atoms with E-state index in [1.54, 1.807) is 0 Å². The van der Waals surface area contributed by atoms with Crippen LogP contribution in [0.3, 0.4) is 0 Å². The Labute approximate surface area is 162 Å². The van der Waals surface area contributed by atoms with E-state index in [1.165, 1.54) is 24.8 Å². The molecule has 1 N–H and O–H groups in total. The summed E-state index contributed by atoms with van der Waals surface area (Å²) in [6.45, 7) is 3.48. The van der Waals surface area contributed by atoms with Crippen LogP contribution in [-0.4, -0.2) is 41.5 Å². The van der Waals surface area contributed by atoms with E-state index in [0.29, 0.717) is 6.54 Å². The molecule has 0 aromatic heterocycles. The Hall–Kier alpha value is -2.04. The zero-order valence-electron chi connectivity index (χ0n) is 16.4. The minimum absolute atomic E-state index is 0.0292. The molecule has 5 heteroatoms. The van der Waals surface area contributed by atoms with Gasteiger partial charge in [-0.1, -0.05) is 37.0 Å². The Kier molecular flexibility index (Phi) is 5.11. The lowest BCUT2D eigenvalue weighted by atomic mass is 9.85. The van der Waals surface area contributed by atoms with Crippen LogP contribution in [0.25, 0.3) is 0 Å². The van der Waals surface area contributed by atoms with Crippen molar-refractivity contribution in [3.05, 3.63) is 29.8 Å². The van der Waals surface area contributed by atoms with Crippen molar-refractivity contribution in [2.75, 3.05) is 18.0 Å². The van der Waals surface area contributed by atoms with Gasteiger partial charge in [0.05, 0.1) is 0 Å². The highest BCUT2D eigenvalue weighted by molar-refractivity contribution is 6.03. The zero-order chi connectivity index (χ0) is 18.9. The molecular formula is C22H31N3O2. The lowest BCUT2D eigenvalue weighted by Gasteiger charge is -2.44. The maximum Gasteiger partial charge on any atom is 0.318 e. The number of nitrogens with one attached hydrogen (secondary N) is 1. The topological polar surface area (TPSA) is 52.6 Å². The summed E-state index contributed by atoms with van der Waals surface area (Å²) in [5, 5.41) is 3.23. The lowest BCUT2D eigenvalue weighted by molar-refractivity contribution is -0.129. The van der Waals surface area contributed by atoms with Crippen LogP contribution in [-0.2, 0) is 4.79 Å². The molecule has 4 rings (SSSR count). The first-order chi connectivity index (χ1) is 13.1. The van der Waals surface area contributed by atoms with Gasteiger partial charge < -0.3 is 15.1 Å². The Morgan fingerprint density at radius 2 is 1.67 bits per heavy atom. The van der Waals surface area contributed by atoms with Gasteiger partial charge in [-0.3, -0.25) is 4.79 Å². The van der Waals surface area contributed by atoms with Crippen LogP contribution in [0.4, 0.5) is 10.5 Å². The Morgan fingerprint density at radius 3 is 2.37 bits per heavy atom. The van der Waals surface area contributed by atoms with E-state index in [1.807, 2.05) is 34.1 Å². The van der Waals surface area contributed by atoms with E-state index in [9.17, 15) is 9.59 Å². The molecule has 2 heterocycles. The van der Waals surface area contributed by atoms with E-state index in [-0.39, 0.29) is 18.0 Å². The van der Waals surface area contributed by atoms with Gasteiger partial charge in [-0.25, -0.2) is 4.79 Å². The maximum atomic E-state index is 13.5. The third kappa shape index (κ3) is 3.44. The lowest BCUT2D eigenvalue weighted by Crippen LogP contribution is -2.63. The molecule has 146 valence electrons. The number of carbonyl (C=O) groups excluding carboxylic acids is 2. The van der Waals surface area contributed by atoms with Gasteiger partial charge in [0, 0.05) is 24.8 Å². The number of nitrogens with zero attached hydrogens (tertiary/aromatic N) is 2.